The van der Waals surface area contributed by atoms with Crippen LogP contribution in [0.5, 0.6) is 0 Å². The lowest BCUT2D eigenvalue weighted by molar-refractivity contribution is 0.520. The maximum absolute atomic E-state index is 4.57. The van der Waals surface area contributed by atoms with Crippen molar-refractivity contribution in [3.05, 3.63) is 36.3 Å². The zero-order chi connectivity index (χ0) is 10.8. The summed E-state index contributed by atoms with van der Waals surface area (Å²) in [5.41, 5.74) is 2.17. The monoisotopic (exact) mass is 215 g/mol. The number of nitrogens with one attached hydrogen (secondary N) is 1. The molecular weight excluding hydrogens is 198 g/mol. The number of rotatable bonds is 3. The van der Waals surface area contributed by atoms with Crippen LogP contribution < -0.4 is 5.32 Å². The largest absolute Gasteiger partial charge is 0.308 e. The van der Waals surface area contributed by atoms with E-state index in [9.17, 15) is 0 Å². The summed E-state index contributed by atoms with van der Waals surface area (Å²) < 4.78 is 2.08. The Bertz CT molecular complexity index is 436. The van der Waals surface area contributed by atoms with E-state index in [4.69, 9.17) is 0 Å². The molecule has 1 aliphatic carbocycles. The minimum Gasteiger partial charge on any atom is -0.308 e. The van der Waals surface area contributed by atoms with E-state index < -0.39 is 0 Å². The normalized spacial score (nSPS) is 17.2. The maximum Gasteiger partial charge on any atom is 0.137 e. The first-order chi connectivity index (χ1) is 7.92. The molecule has 84 valence electrons. The number of hydrogen-bond donors (Lipinski definition) is 1. The third-order valence-corrected chi connectivity index (χ3v) is 3.34. The van der Waals surface area contributed by atoms with Gasteiger partial charge in [-0.15, -0.1) is 0 Å². The first kappa shape index (κ1) is 9.85. The summed E-state index contributed by atoms with van der Waals surface area (Å²) in [6.07, 6.45) is 9.56. The molecule has 0 aromatic carbocycles. The van der Waals surface area contributed by atoms with Gasteiger partial charge in [0.05, 0.1) is 5.69 Å². The highest BCUT2D eigenvalue weighted by molar-refractivity contribution is 5.39. The van der Waals surface area contributed by atoms with Crippen LogP contribution in [0.3, 0.4) is 0 Å². The van der Waals surface area contributed by atoms with Gasteiger partial charge >= 0.3 is 0 Å². The minimum atomic E-state index is 0.713. The summed E-state index contributed by atoms with van der Waals surface area (Å²) in [7, 11) is 0. The van der Waals surface area contributed by atoms with E-state index in [1.807, 2.05) is 24.4 Å². The molecule has 16 heavy (non-hydrogen) atoms. The lowest BCUT2D eigenvalue weighted by atomic mass is 10.2. The molecule has 0 aliphatic heterocycles. The van der Waals surface area contributed by atoms with Gasteiger partial charge in [0.2, 0.25) is 0 Å². The van der Waals surface area contributed by atoms with Crippen molar-refractivity contribution in [3.8, 4) is 0 Å². The fourth-order valence-electron chi connectivity index (χ4n) is 2.45. The van der Waals surface area contributed by atoms with E-state index in [-0.39, 0.29) is 0 Å². The van der Waals surface area contributed by atoms with Crippen LogP contribution in [-0.4, -0.2) is 15.4 Å². The van der Waals surface area contributed by atoms with Gasteiger partial charge in [0.1, 0.15) is 5.65 Å². The number of aromatic nitrogens is 2. The van der Waals surface area contributed by atoms with Gasteiger partial charge < -0.3 is 9.72 Å². The van der Waals surface area contributed by atoms with Crippen LogP contribution in [-0.2, 0) is 6.54 Å². The van der Waals surface area contributed by atoms with Crippen molar-refractivity contribution in [3.63, 3.8) is 0 Å². The van der Waals surface area contributed by atoms with Crippen LogP contribution in [0.1, 0.15) is 31.4 Å². The first-order valence-corrected chi connectivity index (χ1v) is 6.08. The van der Waals surface area contributed by atoms with Crippen LogP contribution in [0.15, 0.2) is 30.6 Å². The van der Waals surface area contributed by atoms with Gasteiger partial charge in [0.15, 0.2) is 0 Å². The molecule has 3 rings (SSSR count). The summed E-state index contributed by atoms with van der Waals surface area (Å²) in [5, 5.41) is 3.58. The summed E-state index contributed by atoms with van der Waals surface area (Å²) in [6.45, 7) is 0.895. The van der Waals surface area contributed by atoms with Gasteiger partial charge in [-0.25, -0.2) is 4.98 Å². The van der Waals surface area contributed by atoms with E-state index in [2.05, 4.69) is 20.9 Å². The van der Waals surface area contributed by atoms with Gasteiger partial charge in [0.25, 0.3) is 0 Å². The Balaban J connectivity index is 1.69. The molecule has 2 aromatic rings. The number of hydrogen-bond acceptors (Lipinski definition) is 2. The summed E-state index contributed by atoms with van der Waals surface area (Å²) in [4.78, 5) is 4.57. The molecule has 3 nitrogen and oxygen atoms in total. The molecule has 0 spiro atoms. The second kappa shape index (κ2) is 4.26. The molecule has 2 heterocycles. The molecule has 1 aliphatic rings. The molecule has 0 bridgehead atoms. The SMILES string of the molecule is c1ccn2cc(CNC3CCCC3)nc2c1. The van der Waals surface area contributed by atoms with Crippen molar-refractivity contribution in [2.24, 2.45) is 0 Å². The van der Waals surface area contributed by atoms with E-state index in [0.717, 1.165) is 17.9 Å². The highest BCUT2D eigenvalue weighted by atomic mass is 15.0. The van der Waals surface area contributed by atoms with Crippen molar-refractivity contribution in [1.29, 1.82) is 0 Å². The predicted octanol–water partition coefficient (Wildman–Crippen LogP) is 2.37. The predicted molar refractivity (Wildman–Crippen MR) is 64.3 cm³/mol. The molecular formula is C13H17N3. The molecule has 0 amide bonds. The second-order valence-electron chi connectivity index (χ2n) is 4.56. The molecule has 2 aromatic heterocycles. The Hall–Kier alpha value is -1.35. The van der Waals surface area contributed by atoms with Gasteiger partial charge in [-0.1, -0.05) is 18.9 Å². The van der Waals surface area contributed by atoms with E-state index in [0.29, 0.717) is 6.04 Å². The maximum atomic E-state index is 4.57. The number of nitrogens with zero attached hydrogens (tertiary/aromatic N) is 2. The zero-order valence-electron chi connectivity index (χ0n) is 9.39. The Morgan fingerprint density at radius 3 is 3.00 bits per heavy atom. The van der Waals surface area contributed by atoms with E-state index in [1.54, 1.807) is 0 Å². The molecule has 3 heteroatoms. The number of fused-ring (bicyclic) bond motifs is 1. The Morgan fingerprint density at radius 1 is 1.31 bits per heavy atom. The average molecular weight is 215 g/mol. The minimum absolute atomic E-state index is 0.713. The standard InChI is InChI=1S/C13H17N3/c1-2-6-11(5-1)14-9-12-10-16-8-4-3-7-13(16)15-12/h3-4,7-8,10-11,14H,1-2,5-6,9H2. The van der Waals surface area contributed by atoms with Crippen molar-refractivity contribution in [2.45, 2.75) is 38.3 Å². The van der Waals surface area contributed by atoms with E-state index in [1.165, 1.54) is 25.7 Å². The first-order valence-electron chi connectivity index (χ1n) is 6.08. The number of pyridine rings is 1. The fourth-order valence-corrected chi connectivity index (χ4v) is 2.45. The van der Waals surface area contributed by atoms with Crippen LogP contribution >= 0.6 is 0 Å². The molecule has 0 radical (unpaired) electrons. The second-order valence-corrected chi connectivity index (χ2v) is 4.56. The van der Waals surface area contributed by atoms with Crippen LogP contribution in [0.4, 0.5) is 0 Å². The zero-order valence-corrected chi connectivity index (χ0v) is 9.39. The van der Waals surface area contributed by atoms with Crippen molar-refractivity contribution >= 4 is 5.65 Å². The van der Waals surface area contributed by atoms with Crippen LogP contribution in [0.25, 0.3) is 5.65 Å². The third-order valence-electron chi connectivity index (χ3n) is 3.34. The smallest absolute Gasteiger partial charge is 0.137 e. The molecule has 0 unspecified atom stereocenters. The third kappa shape index (κ3) is 1.95. The van der Waals surface area contributed by atoms with Crippen molar-refractivity contribution in [2.75, 3.05) is 0 Å². The molecule has 1 saturated carbocycles. The van der Waals surface area contributed by atoms with E-state index >= 15 is 0 Å². The van der Waals surface area contributed by atoms with Gasteiger partial charge in [0, 0.05) is 25.0 Å². The molecule has 0 saturated heterocycles. The Labute approximate surface area is 95.5 Å². The van der Waals surface area contributed by atoms with Crippen LogP contribution in [0, 0.1) is 0 Å². The average Bonchev–Trinajstić information content (AvgIpc) is 2.95. The fraction of sp³-hybridized carbons (Fsp3) is 0.462. The lowest BCUT2D eigenvalue weighted by Crippen LogP contribution is -2.25. The van der Waals surface area contributed by atoms with Gasteiger partial charge in [-0.3, -0.25) is 0 Å². The van der Waals surface area contributed by atoms with Crippen molar-refractivity contribution < 1.29 is 0 Å². The Kier molecular flexibility index (Phi) is 2.62. The van der Waals surface area contributed by atoms with Gasteiger partial charge in [-0.2, -0.15) is 0 Å². The lowest BCUT2D eigenvalue weighted by Gasteiger charge is -2.09. The molecule has 1 fully saturated rings. The Morgan fingerprint density at radius 2 is 2.19 bits per heavy atom. The summed E-state index contributed by atoms with van der Waals surface area (Å²) in [5.74, 6) is 0. The van der Waals surface area contributed by atoms with Crippen molar-refractivity contribution in [1.82, 2.24) is 14.7 Å². The molecule has 0 atom stereocenters. The highest BCUT2D eigenvalue weighted by Crippen LogP contribution is 2.18. The van der Waals surface area contributed by atoms with Crippen LogP contribution in [0.2, 0.25) is 0 Å². The quantitative estimate of drug-likeness (QED) is 0.851. The summed E-state index contributed by atoms with van der Waals surface area (Å²) in [6, 6.07) is 6.81. The summed E-state index contributed by atoms with van der Waals surface area (Å²) >= 11 is 0. The topological polar surface area (TPSA) is 29.3 Å². The molecule has 1 N–H and O–H groups in total. The number of imidazole rings is 1. The highest BCUT2D eigenvalue weighted by Gasteiger charge is 2.14. The van der Waals surface area contributed by atoms with Gasteiger partial charge in [-0.05, 0) is 25.0 Å².